The number of rotatable bonds is 0. The van der Waals surface area contributed by atoms with Crippen LogP contribution in [0.4, 0.5) is 0 Å². The molecule has 0 amide bonds. The molecule has 54 radical (unpaired) electrons. The fourth-order valence-corrected chi connectivity index (χ4v) is 0. The van der Waals surface area contributed by atoms with Gasteiger partial charge in [0.25, 0.3) is 0 Å². The monoisotopic (exact) mass is 8580 g/mol. The van der Waals surface area contributed by atoms with Gasteiger partial charge in [0.2, 0.25) is 0 Å². The molecule has 0 heterocycles. The predicted molar refractivity (Wildman–Crippen MR) is 0 cm³/mol. The van der Waals surface area contributed by atoms with Gasteiger partial charge in [-0.15, -0.1) is 0 Å². The summed E-state index contributed by atoms with van der Waals surface area (Å²) in [6.45, 7) is 0. The maximum atomic E-state index is 0. The van der Waals surface area contributed by atoms with Gasteiger partial charge < -0.3 is 0 Å². The first kappa shape index (κ1) is 384. The molecule has 54 heteroatoms. The van der Waals surface area contributed by atoms with Crippen molar-refractivity contribution < 1.29 is 2090 Å². The van der Waals surface area contributed by atoms with Gasteiger partial charge in [-0.1, -0.05) is 0 Å². The molecule has 0 unspecified atom stereocenters. The molecular weight excluding hydrogens is 8580 g/mol. The summed E-state index contributed by atoms with van der Waals surface area (Å²) in [6.07, 6.45) is 0. The molecule has 0 nitrogen and oxygen atoms in total. The summed E-state index contributed by atoms with van der Waals surface area (Å²) in [7, 11) is 0. The summed E-state index contributed by atoms with van der Waals surface area (Å²) in [4.78, 5) is 0. The van der Waals surface area contributed by atoms with Crippen molar-refractivity contribution in [2.45, 2.75) is 0 Å². The zero-order chi connectivity index (χ0) is 0. The summed E-state index contributed by atoms with van der Waals surface area (Å²) in [5.41, 5.74) is 0. The van der Waals surface area contributed by atoms with Crippen molar-refractivity contribution in [2.75, 3.05) is 0 Å². The van der Waals surface area contributed by atoms with E-state index in [-0.39, 0.29) is 2090 Å². The van der Waals surface area contributed by atoms with E-state index in [1.165, 1.54) is 0 Å². The van der Waals surface area contributed by atoms with Gasteiger partial charge in [-0.25, -0.2) is 0 Å². The fraction of sp³-hybridized carbons (Fsp3) is 0. The smallest absolute Gasteiger partial charge is 0 e. The molecule has 0 saturated carbocycles. The SMILES string of the molecule is [Tb].[Tb].[Tb].[Tb].[Tb].[Tb].[Tb].[Tb].[Tb].[Tb].[Tb].[Tb].[Tb].[Tb].[Tb].[Tb].[Tb].[Tb].[Tb].[Tb].[Tb].[Tb].[Tb].[Tb].[Tb].[Tb].[Tb].[Tb].[Tb].[Tb].[Tb].[Tb].[Tb].[Tb].[Tb].[Tb].[Tb].[Tb].[Tb].[Tb].[Tb].[Tb].[Tb].[Tb].[Tb].[Tb].[Tb].[Tb].[Tb].[Tb].[Tb].[Tb].[Tb].[Tb]. The maximum Gasteiger partial charge on any atom is 0 e. The predicted octanol–water partition coefficient (Wildman–Crippen LogP) is 0. The second kappa shape index (κ2) is 374. The van der Waals surface area contributed by atoms with Crippen LogP contribution in [-0.2, 0) is 0 Å². The van der Waals surface area contributed by atoms with Crippen LogP contribution in [0.15, 0.2) is 0 Å². The fourth-order valence-electron chi connectivity index (χ4n) is 0. The van der Waals surface area contributed by atoms with Gasteiger partial charge in [0, 0.05) is 2090 Å². The van der Waals surface area contributed by atoms with Crippen LogP contribution in [0.25, 0.3) is 0 Å². The third-order valence-corrected chi connectivity index (χ3v) is 0. The van der Waals surface area contributed by atoms with Crippen LogP contribution in [0.5, 0.6) is 0 Å². The van der Waals surface area contributed by atoms with E-state index in [9.17, 15) is 0 Å². The average molecular weight is 8580 g/mol. The molecule has 0 aromatic heterocycles. The Kier molecular flexibility index (Phi) is 2660. The molecule has 0 aliphatic rings. The third-order valence-electron chi connectivity index (χ3n) is 0. The Hall–Kier alpha value is 69.4. The second-order valence-corrected chi connectivity index (χ2v) is 0. The van der Waals surface area contributed by atoms with Gasteiger partial charge in [0.1, 0.15) is 0 Å². The van der Waals surface area contributed by atoms with Crippen molar-refractivity contribution in [3.63, 3.8) is 0 Å². The van der Waals surface area contributed by atoms with Crippen LogP contribution in [0.1, 0.15) is 0 Å². The molecule has 0 aromatic rings. The largest absolute Gasteiger partial charge is 0 e. The minimum Gasteiger partial charge on any atom is 0 e. The molecule has 0 N–H and O–H groups in total. The van der Waals surface area contributed by atoms with E-state index >= 15 is 0 Å². The van der Waals surface area contributed by atoms with E-state index in [0.717, 1.165) is 0 Å². The van der Waals surface area contributed by atoms with Crippen molar-refractivity contribution in [3.05, 3.63) is 0 Å². The van der Waals surface area contributed by atoms with Gasteiger partial charge in [-0.05, 0) is 0 Å². The van der Waals surface area contributed by atoms with Gasteiger partial charge in [0.05, 0.1) is 0 Å². The topological polar surface area (TPSA) is 0 Å². The molecule has 0 rings (SSSR count). The van der Waals surface area contributed by atoms with Crippen LogP contribution >= 0.6 is 0 Å². The van der Waals surface area contributed by atoms with E-state index in [4.69, 9.17) is 0 Å². The average Bonchev–Trinajstić information content (AvgIpc) is 0. The van der Waals surface area contributed by atoms with Gasteiger partial charge in [-0.2, -0.15) is 0 Å². The number of hydrogen-bond acceptors (Lipinski definition) is 0. The summed E-state index contributed by atoms with van der Waals surface area (Å²) in [6, 6.07) is 0. The van der Waals surface area contributed by atoms with E-state index in [1.807, 2.05) is 0 Å². The molecule has 54 heavy (non-hydrogen) atoms. The first-order valence-corrected chi connectivity index (χ1v) is 0. The van der Waals surface area contributed by atoms with Crippen molar-refractivity contribution in [1.82, 2.24) is 0 Å². The van der Waals surface area contributed by atoms with E-state index in [0.29, 0.717) is 0 Å². The minimum atomic E-state index is 0. The first-order valence-electron chi connectivity index (χ1n) is 0. The van der Waals surface area contributed by atoms with E-state index in [1.54, 1.807) is 0 Å². The Labute approximate surface area is 2000 Å². The van der Waals surface area contributed by atoms with Gasteiger partial charge in [-0.3, -0.25) is 0 Å². The Bertz CT molecular complexity index is 0. The van der Waals surface area contributed by atoms with E-state index in [2.05, 4.69) is 0 Å². The van der Waals surface area contributed by atoms with Gasteiger partial charge in [0.15, 0.2) is 0 Å². The Morgan fingerprint density at radius 3 is 0.0185 bits per heavy atom. The third kappa shape index (κ3) is 365. The molecule has 0 bridgehead atoms. The number of hydrogen-bond donors (Lipinski definition) is 0. The molecule has 0 aromatic carbocycles. The molecule has 0 atom stereocenters. The molecule has 0 fully saturated rings. The normalized spacial score (nSPS) is 0. The standard InChI is InChI=1S/54Tb. The first-order chi connectivity index (χ1) is 0. The molecule has 486 valence electrons. The quantitative estimate of drug-likeness (QED) is 0.321. The van der Waals surface area contributed by atoms with Crippen molar-refractivity contribution >= 4 is 0 Å². The molecule has 0 spiro atoms. The molecule has 0 saturated heterocycles. The molecule has 0 aliphatic heterocycles. The van der Waals surface area contributed by atoms with Crippen LogP contribution in [0, 0.1) is 2090 Å². The van der Waals surface area contributed by atoms with Crippen LogP contribution in [0.2, 0.25) is 0 Å². The van der Waals surface area contributed by atoms with Crippen molar-refractivity contribution in [1.29, 1.82) is 0 Å². The van der Waals surface area contributed by atoms with Gasteiger partial charge >= 0.3 is 0 Å². The summed E-state index contributed by atoms with van der Waals surface area (Å²) < 4.78 is 0. The maximum absolute atomic E-state index is 0. The zero-order valence-electron chi connectivity index (χ0n) is 18.0. The van der Waals surface area contributed by atoms with Crippen LogP contribution in [-0.4, -0.2) is 0 Å². The minimum absolute atomic E-state index is 0. The Balaban J connectivity index is 0. The Morgan fingerprint density at radius 2 is 0.0185 bits per heavy atom. The van der Waals surface area contributed by atoms with Crippen molar-refractivity contribution in [2.24, 2.45) is 0 Å². The summed E-state index contributed by atoms with van der Waals surface area (Å²) in [5, 5.41) is 0. The second-order valence-electron chi connectivity index (χ2n) is 0. The van der Waals surface area contributed by atoms with Crippen molar-refractivity contribution in [3.8, 4) is 0 Å². The summed E-state index contributed by atoms with van der Waals surface area (Å²) in [5.74, 6) is 0. The zero-order valence-corrected chi connectivity index (χ0v) is 133. The Morgan fingerprint density at radius 1 is 0.0185 bits per heavy atom. The van der Waals surface area contributed by atoms with E-state index < -0.39 is 0 Å². The molecular formula is Tb54. The molecule has 0 aliphatic carbocycles. The van der Waals surface area contributed by atoms with Crippen LogP contribution < -0.4 is 0 Å². The van der Waals surface area contributed by atoms with Crippen LogP contribution in [0.3, 0.4) is 0 Å². The summed E-state index contributed by atoms with van der Waals surface area (Å²) >= 11 is 0.